The molecule has 0 saturated carbocycles. The van der Waals surface area contributed by atoms with E-state index in [0.717, 1.165) is 37.4 Å². The molecule has 27 heavy (non-hydrogen) atoms. The molecule has 0 bridgehead atoms. The second-order valence-electron chi connectivity index (χ2n) is 7.61. The van der Waals surface area contributed by atoms with Gasteiger partial charge >= 0.3 is 0 Å². The van der Waals surface area contributed by atoms with Gasteiger partial charge in [-0.1, -0.05) is 12.1 Å². The van der Waals surface area contributed by atoms with Crippen LogP contribution in [0, 0.1) is 5.41 Å². The van der Waals surface area contributed by atoms with Crippen molar-refractivity contribution < 1.29 is 14.3 Å². The van der Waals surface area contributed by atoms with Gasteiger partial charge in [0.25, 0.3) is 0 Å². The lowest BCUT2D eigenvalue weighted by Crippen LogP contribution is -2.46. The first kappa shape index (κ1) is 21.2. The lowest BCUT2D eigenvalue weighted by Gasteiger charge is -2.31. The van der Waals surface area contributed by atoms with E-state index in [2.05, 4.69) is 20.4 Å². The third kappa shape index (κ3) is 5.94. The molecule has 1 fully saturated rings. The van der Waals surface area contributed by atoms with Crippen LogP contribution in [-0.4, -0.2) is 70.2 Å². The summed E-state index contributed by atoms with van der Waals surface area (Å²) in [4.78, 5) is 29.6. The van der Waals surface area contributed by atoms with Gasteiger partial charge in [-0.15, -0.1) is 0 Å². The van der Waals surface area contributed by atoms with Crippen LogP contribution in [0.4, 0.5) is 11.4 Å². The van der Waals surface area contributed by atoms with Crippen molar-refractivity contribution in [2.75, 3.05) is 63.7 Å². The normalized spacial score (nSPS) is 14.9. The van der Waals surface area contributed by atoms with Crippen LogP contribution >= 0.6 is 0 Å². The van der Waals surface area contributed by atoms with Gasteiger partial charge in [0.05, 0.1) is 24.6 Å². The summed E-state index contributed by atoms with van der Waals surface area (Å²) in [5.74, 6) is -0.573. The number of carbonyl (C=O) groups is 2. The molecular formula is C20H32N4O3. The van der Waals surface area contributed by atoms with Crippen LogP contribution in [-0.2, 0) is 14.3 Å². The second kappa shape index (κ2) is 9.71. The standard InChI is InChI=1S/C20H32N4O3/c1-20(2,18(25)21-10-7-11-23(3)4)19(26)22-16-8-5-6-9-17(16)24-12-14-27-15-13-24/h5-6,8-9H,7,10-15H2,1-4H3,(H,21,25)(H,22,26). The van der Waals surface area contributed by atoms with Gasteiger partial charge in [0.1, 0.15) is 5.41 Å². The summed E-state index contributed by atoms with van der Waals surface area (Å²) in [6.07, 6.45) is 0.844. The number of hydrogen-bond acceptors (Lipinski definition) is 5. The molecule has 1 heterocycles. The molecule has 7 heteroatoms. The molecule has 1 aliphatic rings. The minimum Gasteiger partial charge on any atom is -0.378 e. The number of amides is 2. The van der Waals surface area contributed by atoms with E-state index < -0.39 is 5.41 Å². The minimum absolute atomic E-state index is 0.261. The molecule has 1 aromatic rings. The lowest BCUT2D eigenvalue weighted by molar-refractivity contribution is -0.138. The molecule has 1 saturated heterocycles. The molecule has 7 nitrogen and oxygen atoms in total. The fourth-order valence-electron chi connectivity index (χ4n) is 2.86. The summed E-state index contributed by atoms with van der Waals surface area (Å²) in [7, 11) is 3.98. The van der Waals surface area contributed by atoms with Crippen LogP contribution in [0.3, 0.4) is 0 Å². The van der Waals surface area contributed by atoms with Crippen molar-refractivity contribution in [3.8, 4) is 0 Å². The first-order valence-electron chi connectivity index (χ1n) is 9.48. The maximum atomic E-state index is 12.8. The van der Waals surface area contributed by atoms with E-state index >= 15 is 0 Å². The zero-order valence-electron chi connectivity index (χ0n) is 16.9. The molecule has 0 aliphatic carbocycles. The topological polar surface area (TPSA) is 73.9 Å². The monoisotopic (exact) mass is 376 g/mol. The third-order valence-corrected chi connectivity index (χ3v) is 4.71. The highest BCUT2D eigenvalue weighted by atomic mass is 16.5. The van der Waals surface area contributed by atoms with Gasteiger partial charge < -0.3 is 25.2 Å². The molecule has 0 unspecified atom stereocenters. The lowest BCUT2D eigenvalue weighted by atomic mass is 9.90. The fraction of sp³-hybridized carbons (Fsp3) is 0.600. The first-order chi connectivity index (χ1) is 12.8. The van der Waals surface area contributed by atoms with E-state index in [1.807, 2.05) is 38.4 Å². The summed E-state index contributed by atoms with van der Waals surface area (Å²) < 4.78 is 5.40. The van der Waals surface area contributed by atoms with Crippen molar-refractivity contribution in [3.63, 3.8) is 0 Å². The predicted molar refractivity (Wildman–Crippen MR) is 108 cm³/mol. The zero-order valence-corrected chi connectivity index (χ0v) is 16.9. The molecule has 2 rings (SSSR count). The Labute approximate surface area is 162 Å². The van der Waals surface area contributed by atoms with Gasteiger partial charge in [0, 0.05) is 19.6 Å². The Kier molecular flexibility index (Phi) is 7.62. The number of carbonyl (C=O) groups excluding carboxylic acids is 2. The Morgan fingerprint density at radius 1 is 1.15 bits per heavy atom. The zero-order chi connectivity index (χ0) is 19.9. The van der Waals surface area contributed by atoms with Gasteiger partial charge in [-0.25, -0.2) is 0 Å². The van der Waals surface area contributed by atoms with Crippen molar-refractivity contribution in [1.82, 2.24) is 10.2 Å². The highest BCUT2D eigenvalue weighted by Gasteiger charge is 2.36. The number of morpholine rings is 1. The SMILES string of the molecule is CN(C)CCCNC(=O)C(C)(C)C(=O)Nc1ccccc1N1CCOCC1. The van der Waals surface area contributed by atoms with Gasteiger partial charge in [0.15, 0.2) is 0 Å². The average molecular weight is 377 g/mol. The van der Waals surface area contributed by atoms with E-state index in [4.69, 9.17) is 4.74 Å². The average Bonchev–Trinajstić information content (AvgIpc) is 2.66. The fourth-order valence-corrected chi connectivity index (χ4v) is 2.86. The molecule has 0 aromatic heterocycles. The first-order valence-corrected chi connectivity index (χ1v) is 9.48. The number of nitrogens with zero attached hydrogens (tertiary/aromatic N) is 2. The Morgan fingerprint density at radius 2 is 1.81 bits per heavy atom. The maximum absolute atomic E-state index is 12.8. The maximum Gasteiger partial charge on any atom is 0.239 e. The molecule has 2 N–H and O–H groups in total. The van der Waals surface area contributed by atoms with E-state index in [-0.39, 0.29) is 11.8 Å². The summed E-state index contributed by atoms with van der Waals surface area (Å²) in [5, 5.41) is 5.82. The van der Waals surface area contributed by atoms with E-state index in [9.17, 15) is 9.59 Å². The smallest absolute Gasteiger partial charge is 0.239 e. The predicted octanol–water partition coefficient (Wildman–Crippen LogP) is 1.56. The van der Waals surface area contributed by atoms with Gasteiger partial charge in [-0.3, -0.25) is 9.59 Å². The summed E-state index contributed by atoms with van der Waals surface area (Å²) in [6, 6.07) is 7.68. The second-order valence-corrected chi connectivity index (χ2v) is 7.61. The van der Waals surface area contributed by atoms with E-state index in [1.54, 1.807) is 13.8 Å². The number of hydrogen-bond donors (Lipinski definition) is 2. The van der Waals surface area contributed by atoms with Crippen molar-refractivity contribution in [2.24, 2.45) is 5.41 Å². The number of rotatable bonds is 8. The highest BCUT2D eigenvalue weighted by molar-refractivity contribution is 6.10. The Morgan fingerprint density at radius 3 is 2.48 bits per heavy atom. The number of para-hydroxylation sites is 2. The van der Waals surface area contributed by atoms with Gasteiger partial charge in [-0.2, -0.15) is 0 Å². The van der Waals surface area contributed by atoms with E-state index in [1.165, 1.54) is 0 Å². The molecule has 0 radical (unpaired) electrons. The van der Waals surface area contributed by atoms with Crippen LogP contribution in [0.1, 0.15) is 20.3 Å². The van der Waals surface area contributed by atoms with Crippen LogP contribution in [0.5, 0.6) is 0 Å². The number of ether oxygens (including phenoxy) is 1. The van der Waals surface area contributed by atoms with Gasteiger partial charge in [0.2, 0.25) is 11.8 Å². The van der Waals surface area contributed by atoms with E-state index in [0.29, 0.717) is 19.8 Å². The summed E-state index contributed by atoms with van der Waals surface area (Å²) in [5.41, 5.74) is 0.519. The largest absolute Gasteiger partial charge is 0.378 e. The Bertz CT molecular complexity index is 640. The Balaban J connectivity index is 1.99. The van der Waals surface area contributed by atoms with Crippen molar-refractivity contribution >= 4 is 23.2 Å². The third-order valence-electron chi connectivity index (χ3n) is 4.71. The molecule has 0 spiro atoms. The van der Waals surface area contributed by atoms with Crippen molar-refractivity contribution in [2.45, 2.75) is 20.3 Å². The van der Waals surface area contributed by atoms with Crippen LogP contribution in [0.15, 0.2) is 24.3 Å². The van der Waals surface area contributed by atoms with Crippen molar-refractivity contribution in [3.05, 3.63) is 24.3 Å². The van der Waals surface area contributed by atoms with Crippen molar-refractivity contribution in [1.29, 1.82) is 0 Å². The minimum atomic E-state index is -1.16. The Hall–Kier alpha value is -2.12. The highest BCUT2D eigenvalue weighted by Crippen LogP contribution is 2.28. The molecule has 2 amide bonds. The molecular weight excluding hydrogens is 344 g/mol. The molecule has 1 aliphatic heterocycles. The number of nitrogens with one attached hydrogen (secondary N) is 2. The molecule has 1 aromatic carbocycles. The molecule has 0 atom stereocenters. The van der Waals surface area contributed by atoms with Gasteiger partial charge in [-0.05, 0) is 53.0 Å². The number of anilines is 2. The summed E-state index contributed by atoms with van der Waals surface area (Å²) >= 11 is 0. The van der Waals surface area contributed by atoms with Crippen LogP contribution in [0.2, 0.25) is 0 Å². The van der Waals surface area contributed by atoms with Crippen LogP contribution < -0.4 is 15.5 Å². The quantitative estimate of drug-likeness (QED) is 0.532. The van der Waals surface area contributed by atoms with Crippen LogP contribution in [0.25, 0.3) is 0 Å². The summed E-state index contributed by atoms with van der Waals surface area (Å²) in [6.45, 7) is 7.65. The number of benzene rings is 1. The molecule has 150 valence electrons.